The lowest BCUT2D eigenvalue weighted by Gasteiger charge is -2.25. The number of hydrogen-bond acceptors (Lipinski definition) is 4. The number of amides is 1. The number of benzene rings is 2. The Hall–Kier alpha value is -3.41. The van der Waals surface area contributed by atoms with Crippen LogP contribution in [-0.2, 0) is 13.5 Å². The number of nitrogens with two attached hydrogens (primary N) is 1. The van der Waals surface area contributed by atoms with E-state index in [0.717, 1.165) is 34.6 Å². The van der Waals surface area contributed by atoms with Gasteiger partial charge in [0.2, 0.25) is 0 Å². The van der Waals surface area contributed by atoms with Crippen LogP contribution in [0.2, 0.25) is 0 Å². The molecule has 0 bridgehead atoms. The van der Waals surface area contributed by atoms with Crippen LogP contribution in [0, 0.1) is 0 Å². The van der Waals surface area contributed by atoms with E-state index in [1.165, 1.54) is 11.1 Å². The fourth-order valence-electron chi connectivity index (χ4n) is 4.37. The van der Waals surface area contributed by atoms with Gasteiger partial charge in [-0.3, -0.25) is 9.48 Å². The van der Waals surface area contributed by atoms with Gasteiger partial charge in [0.25, 0.3) is 5.91 Å². The second-order valence-corrected chi connectivity index (χ2v) is 7.43. The normalized spacial score (nSPS) is 15.9. The summed E-state index contributed by atoms with van der Waals surface area (Å²) in [6, 6.07) is 14.1. The van der Waals surface area contributed by atoms with Gasteiger partial charge in [-0.25, -0.2) is 4.98 Å². The zero-order chi connectivity index (χ0) is 19.4. The molecule has 0 spiro atoms. The number of fused-ring (bicyclic) bond motifs is 4. The number of pyridine rings is 1. The molecule has 0 aliphatic heterocycles. The largest absolute Gasteiger partial charge is 0.383 e. The van der Waals surface area contributed by atoms with Gasteiger partial charge < -0.3 is 10.6 Å². The third-order valence-corrected chi connectivity index (χ3v) is 5.84. The molecule has 0 radical (unpaired) electrons. The summed E-state index contributed by atoms with van der Waals surface area (Å²) in [5, 5.41) is 5.99. The summed E-state index contributed by atoms with van der Waals surface area (Å²) in [5.74, 6) is 0.463. The zero-order valence-electron chi connectivity index (χ0n) is 15.9. The maximum absolute atomic E-state index is 13.3. The van der Waals surface area contributed by atoms with Gasteiger partial charge >= 0.3 is 0 Å². The van der Waals surface area contributed by atoms with Gasteiger partial charge in [0.15, 0.2) is 0 Å². The summed E-state index contributed by atoms with van der Waals surface area (Å²) >= 11 is 0. The number of carbonyl (C=O) groups excluding carboxylic acids is 1. The van der Waals surface area contributed by atoms with Crippen LogP contribution in [0.1, 0.15) is 33.9 Å². The number of nitrogens with zero attached hydrogens (tertiary/aromatic N) is 4. The Kier molecular flexibility index (Phi) is 3.62. The van der Waals surface area contributed by atoms with Gasteiger partial charge in [0.1, 0.15) is 5.82 Å². The molecule has 6 heteroatoms. The predicted molar refractivity (Wildman–Crippen MR) is 110 cm³/mol. The second kappa shape index (κ2) is 6.05. The highest BCUT2D eigenvalue weighted by atomic mass is 16.2. The van der Waals surface area contributed by atoms with Crippen molar-refractivity contribution in [2.75, 3.05) is 12.8 Å². The highest BCUT2D eigenvalue weighted by molar-refractivity contribution is 6.10. The summed E-state index contributed by atoms with van der Waals surface area (Å²) in [5.41, 5.74) is 11.0. The predicted octanol–water partition coefficient (Wildman–Crippen LogP) is 3.46. The van der Waals surface area contributed by atoms with E-state index < -0.39 is 0 Å². The lowest BCUT2D eigenvalue weighted by molar-refractivity contribution is 0.0731. The van der Waals surface area contributed by atoms with Crippen LogP contribution >= 0.6 is 0 Å². The Morgan fingerprint density at radius 2 is 2.04 bits per heavy atom. The number of nitrogen functional groups attached to an aromatic ring is 1. The van der Waals surface area contributed by atoms with Crippen LogP contribution in [0.3, 0.4) is 0 Å². The lowest BCUT2D eigenvalue weighted by Crippen LogP contribution is -2.30. The standard InChI is InChI=1S/C22H21N5O/c1-26(19-10-8-13-5-3-4-6-15(13)19)22(28)14-7-9-18-16(11-14)20-17(21(23)25-18)12-24-27(20)2/h3-7,9,11-12,19H,8,10H2,1-2H3,(H2,23,25). The van der Waals surface area contributed by atoms with E-state index in [1.807, 2.05) is 43.3 Å². The molecule has 5 rings (SSSR count). The molecule has 2 N–H and O–H groups in total. The minimum absolute atomic E-state index is 0.00995. The molecule has 2 heterocycles. The van der Waals surface area contributed by atoms with E-state index in [9.17, 15) is 4.79 Å². The van der Waals surface area contributed by atoms with Crippen molar-refractivity contribution in [2.45, 2.75) is 18.9 Å². The van der Waals surface area contributed by atoms with E-state index in [2.05, 4.69) is 28.3 Å². The van der Waals surface area contributed by atoms with Crippen LogP contribution in [0.25, 0.3) is 21.8 Å². The van der Waals surface area contributed by atoms with Crippen molar-refractivity contribution in [3.63, 3.8) is 0 Å². The topological polar surface area (TPSA) is 77.0 Å². The Bertz CT molecular complexity index is 1240. The minimum atomic E-state index is 0.00995. The molecule has 1 aliphatic carbocycles. The number of hydrogen-bond donors (Lipinski definition) is 1. The fraction of sp³-hybridized carbons (Fsp3) is 0.227. The van der Waals surface area contributed by atoms with E-state index in [4.69, 9.17) is 5.73 Å². The fourth-order valence-corrected chi connectivity index (χ4v) is 4.37. The van der Waals surface area contributed by atoms with Crippen LogP contribution in [-0.4, -0.2) is 32.6 Å². The van der Waals surface area contributed by atoms with Gasteiger partial charge in [-0.1, -0.05) is 24.3 Å². The highest BCUT2D eigenvalue weighted by Gasteiger charge is 2.29. The van der Waals surface area contributed by atoms with Crippen molar-refractivity contribution in [1.29, 1.82) is 0 Å². The lowest BCUT2D eigenvalue weighted by atomic mass is 10.0. The Balaban J connectivity index is 1.58. The SMILES string of the molecule is CN(C(=O)c1ccc2nc(N)c3cnn(C)c3c2c1)C1CCc2ccccc21. The summed E-state index contributed by atoms with van der Waals surface area (Å²) in [4.78, 5) is 19.6. The first-order valence-corrected chi connectivity index (χ1v) is 9.40. The molecule has 0 saturated heterocycles. The quantitative estimate of drug-likeness (QED) is 0.585. The van der Waals surface area contributed by atoms with Gasteiger partial charge in [-0.05, 0) is 42.2 Å². The van der Waals surface area contributed by atoms with E-state index in [-0.39, 0.29) is 11.9 Å². The van der Waals surface area contributed by atoms with Gasteiger partial charge in [-0.15, -0.1) is 0 Å². The zero-order valence-corrected chi connectivity index (χ0v) is 15.9. The van der Waals surface area contributed by atoms with Crippen molar-refractivity contribution >= 4 is 33.5 Å². The molecule has 1 aliphatic rings. The summed E-state index contributed by atoms with van der Waals surface area (Å²) in [6.45, 7) is 0. The molecular weight excluding hydrogens is 350 g/mol. The maximum atomic E-state index is 13.3. The average molecular weight is 371 g/mol. The van der Waals surface area contributed by atoms with Gasteiger partial charge in [-0.2, -0.15) is 5.10 Å². The molecular formula is C22H21N5O. The van der Waals surface area contributed by atoms with Crippen LogP contribution in [0.15, 0.2) is 48.7 Å². The van der Waals surface area contributed by atoms with Crippen LogP contribution in [0.5, 0.6) is 0 Å². The van der Waals surface area contributed by atoms with Crippen molar-refractivity contribution in [2.24, 2.45) is 7.05 Å². The number of anilines is 1. The molecule has 2 aromatic carbocycles. The molecule has 0 fully saturated rings. The average Bonchev–Trinajstić information content (AvgIpc) is 3.31. The first kappa shape index (κ1) is 16.7. The minimum Gasteiger partial charge on any atom is -0.383 e. The first-order valence-electron chi connectivity index (χ1n) is 9.40. The van der Waals surface area contributed by atoms with E-state index in [1.54, 1.807) is 10.9 Å². The van der Waals surface area contributed by atoms with Crippen molar-refractivity contribution < 1.29 is 4.79 Å². The van der Waals surface area contributed by atoms with Crippen molar-refractivity contribution in [1.82, 2.24) is 19.7 Å². The molecule has 1 amide bonds. The third-order valence-electron chi connectivity index (χ3n) is 5.84. The number of rotatable bonds is 2. The van der Waals surface area contributed by atoms with Crippen molar-refractivity contribution in [3.05, 3.63) is 65.4 Å². The molecule has 2 aromatic heterocycles. The number of carbonyl (C=O) groups is 1. The maximum Gasteiger partial charge on any atom is 0.254 e. The van der Waals surface area contributed by atoms with Crippen molar-refractivity contribution in [3.8, 4) is 0 Å². The Morgan fingerprint density at radius 3 is 2.89 bits per heavy atom. The Morgan fingerprint density at radius 1 is 1.21 bits per heavy atom. The van der Waals surface area contributed by atoms with Crippen LogP contribution in [0.4, 0.5) is 5.82 Å². The molecule has 0 saturated carbocycles. The summed E-state index contributed by atoms with van der Waals surface area (Å²) < 4.78 is 1.78. The molecule has 4 aromatic rings. The number of aryl methyl sites for hydroxylation is 2. The molecule has 28 heavy (non-hydrogen) atoms. The molecule has 1 atom stereocenters. The van der Waals surface area contributed by atoms with Crippen LogP contribution < -0.4 is 5.73 Å². The Labute approximate surface area is 162 Å². The molecule has 1 unspecified atom stereocenters. The highest BCUT2D eigenvalue weighted by Crippen LogP contribution is 2.36. The monoisotopic (exact) mass is 371 g/mol. The molecule has 6 nitrogen and oxygen atoms in total. The molecule has 140 valence electrons. The summed E-state index contributed by atoms with van der Waals surface area (Å²) in [6.07, 6.45) is 3.68. The number of aromatic nitrogens is 3. The first-order chi connectivity index (χ1) is 13.5. The van der Waals surface area contributed by atoms with Gasteiger partial charge in [0.05, 0.1) is 28.7 Å². The van der Waals surface area contributed by atoms with E-state index in [0.29, 0.717) is 11.4 Å². The van der Waals surface area contributed by atoms with E-state index >= 15 is 0 Å². The smallest absolute Gasteiger partial charge is 0.254 e. The third kappa shape index (κ3) is 2.37. The van der Waals surface area contributed by atoms with Gasteiger partial charge in [0, 0.05) is 25.0 Å². The second-order valence-electron chi connectivity index (χ2n) is 7.43. The summed E-state index contributed by atoms with van der Waals surface area (Å²) in [7, 11) is 3.76.